The maximum absolute atomic E-state index is 11.4. The monoisotopic (exact) mass is 271 g/mol. The zero-order chi connectivity index (χ0) is 14.5. The van der Waals surface area contributed by atoms with Gasteiger partial charge < -0.3 is 15.2 Å². The molecule has 1 aromatic heterocycles. The van der Waals surface area contributed by atoms with Crippen LogP contribution in [0.5, 0.6) is 0 Å². The molecule has 0 saturated carbocycles. The Kier molecular flexibility index (Phi) is 4.45. The normalized spacial score (nSPS) is 10.3. The maximum Gasteiger partial charge on any atom is 0.224 e. The lowest BCUT2D eigenvalue weighted by atomic mass is 10.1. The van der Waals surface area contributed by atoms with Crippen LogP contribution >= 0.6 is 0 Å². The van der Waals surface area contributed by atoms with Gasteiger partial charge >= 0.3 is 0 Å². The lowest BCUT2D eigenvalue weighted by Crippen LogP contribution is -2.10. The van der Waals surface area contributed by atoms with Crippen molar-refractivity contribution in [3.8, 4) is 0 Å². The third-order valence-corrected chi connectivity index (χ3v) is 3.22. The van der Waals surface area contributed by atoms with Gasteiger partial charge in [-0.15, -0.1) is 0 Å². The van der Waals surface area contributed by atoms with Crippen molar-refractivity contribution in [3.05, 3.63) is 47.8 Å². The van der Waals surface area contributed by atoms with E-state index in [0.29, 0.717) is 6.42 Å². The highest BCUT2D eigenvalue weighted by molar-refractivity contribution is 5.91. The summed E-state index contributed by atoms with van der Waals surface area (Å²) in [5.41, 5.74) is 4.27. The number of amides is 1. The van der Waals surface area contributed by atoms with Crippen molar-refractivity contribution in [2.75, 3.05) is 10.6 Å². The molecule has 0 radical (unpaired) electrons. The van der Waals surface area contributed by atoms with Crippen LogP contribution in [0.3, 0.4) is 0 Å². The second-order valence-corrected chi connectivity index (χ2v) is 4.97. The van der Waals surface area contributed by atoms with Gasteiger partial charge in [-0.1, -0.05) is 13.0 Å². The number of aromatic nitrogens is 1. The van der Waals surface area contributed by atoms with E-state index in [-0.39, 0.29) is 5.91 Å². The summed E-state index contributed by atoms with van der Waals surface area (Å²) in [5.74, 6) is 0.0304. The second kappa shape index (κ2) is 6.28. The summed E-state index contributed by atoms with van der Waals surface area (Å²) in [4.78, 5) is 11.4. The standard InChI is InChI=1S/C16H21N3O/c1-4-16(20)18-14-6-5-12(2)15(9-14)17-10-13-7-8-19(3)11-13/h5-9,11,17H,4,10H2,1-3H3,(H,18,20). The number of carbonyl (C=O) groups is 1. The first-order valence-electron chi connectivity index (χ1n) is 6.83. The number of hydrogen-bond donors (Lipinski definition) is 2. The van der Waals surface area contributed by atoms with Crippen LogP contribution < -0.4 is 10.6 Å². The van der Waals surface area contributed by atoms with Crippen molar-refractivity contribution < 1.29 is 4.79 Å². The molecular formula is C16H21N3O. The van der Waals surface area contributed by atoms with Gasteiger partial charge in [-0.25, -0.2) is 0 Å². The first-order valence-corrected chi connectivity index (χ1v) is 6.83. The molecule has 0 bridgehead atoms. The molecule has 2 N–H and O–H groups in total. The van der Waals surface area contributed by atoms with Crippen LogP contribution in [0.1, 0.15) is 24.5 Å². The number of hydrogen-bond acceptors (Lipinski definition) is 2. The molecule has 2 rings (SSSR count). The number of carbonyl (C=O) groups excluding carboxylic acids is 1. The Hall–Kier alpha value is -2.23. The molecule has 0 aliphatic heterocycles. The van der Waals surface area contributed by atoms with Crippen LogP contribution in [0.15, 0.2) is 36.7 Å². The molecule has 0 aliphatic carbocycles. The fourth-order valence-corrected chi connectivity index (χ4v) is 2.00. The Labute approximate surface area is 119 Å². The molecule has 0 atom stereocenters. The largest absolute Gasteiger partial charge is 0.381 e. The van der Waals surface area contributed by atoms with Gasteiger partial charge in [0.25, 0.3) is 0 Å². The SMILES string of the molecule is CCC(=O)Nc1ccc(C)c(NCc2ccn(C)c2)c1. The van der Waals surface area contributed by atoms with E-state index in [1.807, 2.05) is 42.9 Å². The molecule has 0 spiro atoms. The Balaban J connectivity index is 2.06. The van der Waals surface area contributed by atoms with Gasteiger partial charge in [-0.3, -0.25) is 4.79 Å². The van der Waals surface area contributed by atoms with E-state index in [1.54, 1.807) is 0 Å². The molecule has 0 unspecified atom stereocenters. The third-order valence-electron chi connectivity index (χ3n) is 3.22. The number of rotatable bonds is 5. The maximum atomic E-state index is 11.4. The molecule has 4 nitrogen and oxygen atoms in total. The Morgan fingerprint density at radius 1 is 1.30 bits per heavy atom. The summed E-state index contributed by atoms with van der Waals surface area (Å²) in [6, 6.07) is 8.01. The minimum Gasteiger partial charge on any atom is -0.381 e. The average molecular weight is 271 g/mol. The van der Waals surface area contributed by atoms with Crippen LogP contribution in [0.25, 0.3) is 0 Å². The van der Waals surface area contributed by atoms with Crippen molar-refractivity contribution in [1.82, 2.24) is 4.57 Å². The van der Waals surface area contributed by atoms with Crippen molar-refractivity contribution in [2.24, 2.45) is 7.05 Å². The van der Waals surface area contributed by atoms with Gasteiger partial charge in [0.1, 0.15) is 0 Å². The molecule has 20 heavy (non-hydrogen) atoms. The van der Waals surface area contributed by atoms with E-state index in [4.69, 9.17) is 0 Å². The Morgan fingerprint density at radius 3 is 2.75 bits per heavy atom. The zero-order valence-electron chi connectivity index (χ0n) is 12.2. The van der Waals surface area contributed by atoms with Gasteiger partial charge in [-0.05, 0) is 36.2 Å². The van der Waals surface area contributed by atoms with Crippen molar-refractivity contribution >= 4 is 17.3 Å². The van der Waals surface area contributed by atoms with E-state index < -0.39 is 0 Å². The van der Waals surface area contributed by atoms with Gasteiger partial charge in [0.2, 0.25) is 5.91 Å². The Bertz CT molecular complexity index is 602. The first kappa shape index (κ1) is 14.2. The molecule has 1 heterocycles. The van der Waals surface area contributed by atoms with E-state index >= 15 is 0 Å². The highest BCUT2D eigenvalue weighted by atomic mass is 16.1. The molecule has 2 aromatic rings. The molecule has 106 valence electrons. The predicted octanol–water partition coefficient (Wildman–Crippen LogP) is 3.29. The summed E-state index contributed by atoms with van der Waals surface area (Å²) < 4.78 is 2.03. The summed E-state index contributed by atoms with van der Waals surface area (Å²) >= 11 is 0. The van der Waals surface area contributed by atoms with Crippen LogP contribution in [-0.2, 0) is 18.4 Å². The van der Waals surface area contributed by atoms with Crippen LogP contribution in [-0.4, -0.2) is 10.5 Å². The molecule has 4 heteroatoms. The highest BCUT2D eigenvalue weighted by Gasteiger charge is 2.03. The molecule has 0 aliphatic rings. The van der Waals surface area contributed by atoms with Gasteiger partial charge in [-0.2, -0.15) is 0 Å². The van der Waals surface area contributed by atoms with Crippen LogP contribution in [0.4, 0.5) is 11.4 Å². The van der Waals surface area contributed by atoms with Crippen molar-refractivity contribution in [2.45, 2.75) is 26.8 Å². The summed E-state index contributed by atoms with van der Waals surface area (Å²) in [6.07, 6.45) is 4.60. The number of nitrogens with zero attached hydrogens (tertiary/aromatic N) is 1. The van der Waals surface area contributed by atoms with Gasteiger partial charge in [0, 0.05) is 43.8 Å². The molecule has 0 saturated heterocycles. The predicted molar refractivity (Wildman–Crippen MR) is 82.8 cm³/mol. The highest BCUT2D eigenvalue weighted by Crippen LogP contribution is 2.21. The lowest BCUT2D eigenvalue weighted by Gasteiger charge is -2.11. The minimum absolute atomic E-state index is 0.0304. The molecule has 1 amide bonds. The topological polar surface area (TPSA) is 46.1 Å². The van der Waals surface area contributed by atoms with Crippen molar-refractivity contribution in [1.29, 1.82) is 0 Å². The second-order valence-electron chi connectivity index (χ2n) is 4.97. The van der Waals surface area contributed by atoms with E-state index in [9.17, 15) is 4.79 Å². The third kappa shape index (κ3) is 3.63. The lowest BCUT2D eigenvalue weighted by molar-refractivity contribution is -0.115. The number of benzene rings is 1. The van der Waals surface area contributed by atoms with Crippen LogP contribution in [0, 0.1) is 6.92 Å². The quantitative estimate of drug-likeness (QED) is 0.876. The summed E-state index contributed by atoms with van der Waals surface area (Å²) in [6.45, 7) is 4.67. The van der Waals surface area contributed by atoms with Gasteiger partial charge in [0.15, 0.2) is 0 Å². The molecular weight excluding hydrogens is 250 g/mol. The molecule has 0 fully saturated rings. The van der Waals surface area contributed by atoms with E-state index in [2.05, 4.69) is 29.8 Å². The van der Waals surface area contributed by atoms with E-state index in [0.717, 1.165) is 23.5 Å². The first-order chi connectivity index (χ1) is 9.58. The zero-order valence-corrected chi connectivity index (χ0v) is 12.2. The van der Waals surface area contributed by atoms with E-state index in [1.165, 1.54) is 5.56 Å². The van der Waals surface area contributed by atoms with Gasteiger partial charge in [0.05, 0.1) is 0 Å². The number of nitrogens with one attached hydrogen (secondary N) is 2. The van der Waals surface area contributed by atoms with Crippen molar-refractivity contribution in [3.63, 3.8) is 0 Å². The Morgan fingerprint density at radius 2 is 2.10 bits per heavy atom. The molecule has 1 aromatic carbocycles. The number of anilines is 2. The average Bonchev–Trinajstić information content (AvgIpc) is 2.85. The van der Waals surface area contributed by atoms with Crippen LogP contribution in [0.2, 0.25) is 0 Å². The summed E-state index contributed by atoms with van der Waals surface area (Å²) in [5, 5.41) is 6.29. The fourth-order valence-electron chi connectivity index (χ4n) is 2.00. The summed E-state index contributed by atoms with van der Waals surface area (Å²) in [7, 11) is 2.01. The fraction of sp³-hybridized carbons (Fsp3) is 0.312. The smallest absolute Gasteiger partial charge is 0.224 e. The minimum atomic E-state index is 0.0304. The number of aryl methyl sites for hydroxylation is 2.